The Morgan fingerprint density at radius 3 is 3.05 bits per heavy atom. The molecule has 3 nitrogen and oxygen atoms in total. The first-order valence-electron chi connectivity index (χ1n) is 8.05. The van der Waals surface area contributed by atoms with Gasteiger partial charge in [-0.25, -0.2) is 4.98 Å². The summed E-state index contributed by atoms with van der Waals surface area (Å²) in [6, 6.07) is 9.26. The van der Waals surface area contributed by atoms with Crippen molar-refractivity contribution in [1.82, 2.24) is 9.55 Å². The van der Waals surface area contributed by atoms with Gasteiger partial charge in [0.25, 0.3) is 0 Å². The van der Waals surface area contributed by atoms with Crippen LogP contribution in [0.2, 0.25) is 0 Å². The molecule has 0 amide bonds. The molecule has 2 N–H and O–H groups in total. The molecule has 4 rings (SSSR count). The Hall–Kier alpha value is -1.61. The summed E-state index contributed by atoms with van der Waals surface area (Å²) in [5.41, 5.74) is 9.65. The molecule has 2 aliphatic rings. The van der Waals surface area contributed by atoms with Crippen LogP contribution in [0.4, 0.5) is 0 Å². The van der Waals surface area contributed by atoms with Crippen LogP contribution in [0.25, 0.3) is 0 Å². The van der Waals surface area contributed by atoms with Gasteiger partial charge in [-0.1, -0.05) is 24.3 Å². The number of aromatic nitrogens is 2. The summed E-state index contributed by atoms with van der Waals surface area (Å²) in [4.78, 5) is 4.40. The van der Waals surface area contributed by atoms with E-state index in [1.54, 1.807) is 11.1 Å². The standard InChI is InChI=1S/C18H23N3/c1-21-11-10-20-16(21)9-8-15(19)18-14-7-6-12-4-2-3-5-13(12)17(14)18/h2-5,10-11,14-15,17-18H,6-9,19H2,1H3. The lowest BCUT2D eigenvalue weighted by Gasteiger charge is -2.13. The molecule has 0 radical (unpaired) electrons. The van der Waals surface area contributed by atoms with E-state index in [1.165, 1.54) is 12.8 Å². The fourth-order valence-corrected chi connectivity index (χ4v) is 4.33. The first kappa shape index (κ1) is 13.1. The molecule has 0 spiro atoms. The van der Waals surface area contributed by atoms with Gasteiger partial charge in [0.2, 0.25) is 0 Å². The third kappa shape index (κ3) is 2.20. The predicted molar refractivity (Wildman–Crippen MR) is 84.0 cm³/mol. The largest absolute Gasteiger partial charge is 0.338 e. The Bertz CT molecular complexity index is 645. The molecule has 1 saturated carbocycles. The summed E-state index contributed by atoms with van der Waals surface area (Å²) in [6.45, 7) is 0. The van der Waals surface area contributed by atoms with Crippen LogP contribution in [0.5, 0.6) is 0 Å². The van der Waals surface area contributed by atoms with Gasteiger partial charge in [-0.3, -0.25) is 0 Å². The quantitative estimate of drug-likeness (QED) is 0.936. The van der Waals surface area contributed by atoms with Gasteiger partial charge in [0, 0.05) is 31.9 Å². The molecular formula is C18H23N3. The smallest absolute Gasteiger partial charge is 0.108 e. The van der Waals surface area contributed by atoms with Crippen molar-refractivity contribution in [2.75, 3.05) is 0 Å². The molecule has 3 heteroatoms. The number of rotatable bonds is 4. The highest BCUT2D eigenvalue weighted by Crippen LogP contribution is 2.61. The summed E-state index contributed by atoms with van der Waals surface area (Å²) in [6.07, 6.45) is 8.47. The van der Waals surface area contributed by atoms with Crippen LogP contribution in [-0.4, -0.2) is 15.6 Å². The molecule has 1 heterocycles. The molecule has 4 atom stereocenters. The lowest BCUT2D eigenvalue weighted by molar-refractivity contribution is 0.496. The molecule has 2 aliphatic carbocycles. The average Bonchev–Trinajstić information content (AvgIpc) is 3.12. The lowest BCUT2D eigenvalue weighted by atomic mass is 9.92. The number of fused-ring (bicyclic) bond motifs is 3. The lowest BCUT2D eigenvalue weighted by Crippen LogP contribution is -2.25. The van der Waals surface area contributed by atoms with E-state index in [4.69, 9.17) is 5.73 Å². The number of imidazole rings is 1. The van der Waals surface area contributed by atoms with E-state index < -0.39 is 0 Å². The Labute approximate surface area is 126 Å². The molecule has 1 aromatic heterocycles. The number of benzene rings is 1. The Balaban J connectivity index is 1.43. The first-order chi connectivity index (χ1) is 10.3. The van der Waals surface area contributed by atoms with Gasteiger partial charge in [-0.15, -0.1) is 0 Å². The highest BCUT2D eigenvalue weighted by molar-refractivity contribution is 5.40. The minimum absolute atomic E-state index is 0.308. The van der Waals surface area contributed by atoms with Crippen LogP contribution >= 0.6 is 0 Å². The maximum Gasteiger partial charge on any atom is 0.108 e. The van der Waals surface area contributed by atoms with Crippen molar-refractivity contribution in [2.45, 2.75) is 37.6 Å². The summed E-state index contributed by atoms with van der Waals surface area (Å²) in [5.74, 6) is 3.39. The van der Waals surface area contributed by atoms with Crippen molar-refractivity contribution in [3.05, 3.63) is 53.6 Å². The molecule has 1 fully saturated rings. The molecule has 2 aromatic rings. The maximum absolute atomic E-state index is 6.53. The number of hydrogen-bond donors (Lipinski definition) is 1. The number of nitrogens with two attached hydrogens (primary N) is 1. The second kappa shape index (κ2) is 4.99. The molecule has 4 unspecified atom stereocenters. The van der Waals surface area contributed by atoms with Gasteiger partial charge < -0.3 is 10.3 Å². The fraction of sp³-hybridized carbons (Fsp3) is 0.500. The Morgan fingerprint density at radius 1 is 1.38 bits per heavy atom. The minimum Gasteiger partial charge on any atom is -0.338 e. The Morgan fingerprint density at radius 2 is 2.24 bits per heavy atom. The monoisotopic (exact) mass is 281 g/mol. The van der Waals surface area contributed by atoms with Crippen molar-refractivity contribution in [3.8, 4) is 0 Å². The van der Waals surface area contributed by atoms with E-state index in [1.807, 2.05) is 12.4 Å². The van der Waals surface area contributed by atoms with Crippen LogP contribution in [0.15, 0.2) is 36.7 Å². The zero-order valence-electron chi connectivity index (χ0n) is 12.6. The molecule has 0 aliphatic heterocycles. The topological polar surface area (TPSA) is 43.8 Å². The van der Waals surface area contributed by atoms with Crippen LogP contribution in [0.1, 0.15) is 35.7 Å². The average molecular weight is 281 g/mol. The fourth-order valence-electron chi connectivity index (χ4n) is 4.33. The highest BCUT2D eigenvalue weighted by atomic mass is 15.0. The third-order valence-corrected chi connectivity index (χ3v) is 5.51. The summed E-state index contributed by atoms with van der Waals surface area (Å²) >= 11 is 0. The zero-order chi connectivity index (χ0) is 14.4. The van der Waals surface area contributed by atoms with E-state index in [2.05, 4.69) is 40.9 Å². The van der Waals surface area contributed by atoms with Crippen molar-refractivity contribution >= 4 is 0 Å². The Kier molecular flexibility index (Phi) is 3.11. The second-order valence-corrected chi connectivity index (χ2v) is 6.66. The van der Waals surface area contributed by atoms with Gasteiger partial charge in [-0.05, 0) is 48.1 Å². The van der Waals surface area contributed by atoms with Crippen molar-refractivity contribution in [3.63, 3.8) is 0 Å². The molecular weight excluding hydrogens is 258 g/mol. The van der Waals surface area contributed by atoms with Crippen molar-refractivity contribution in [1.29, 1.82) is 0 Å². The normalized spacial score (nSPS) is 27.8. The molecule has 21 heavy (non-hydrogen) atoms. The van der Waals surface area contributed by atoms with E-state index >= 15 is 0 Å². The van der Waals surface area contributed by atoms with Crippen molar-refractivity contribution in [2.24, 2.45) is 24.6 Å². The summed E-state index contributed by atoms with van der Waals surface area (Å²) in [7, 11) is 2.06. The van der Waals surface area contributed by atoms with Gasteiger partial charge in [-0.2, -0.15) is 0 Å². The summed E-state index contributed by atoms with van der Waals surface area (Å²) in [5, 5.41) is 0. The van der Waals surface area contributed by atoms with Crippen LogP contribution in [0, 0.1) is 11.8 Å². The van der Waals surface area contributed by atoms with E-state index in [0.29, 0.717) is 12.0 Å². The predicted octanol–water partition coefficient (Wildman–Crippen LogP) is 2.66. The first-order valence-corrected chi connectivity index (χ1v) is 8.05. The van der Waals surface area contributed by atoms with Crippen LogP contribution < -0.4 is 5.73 Å². The van der Waals surface area contributed by atoms with E-state index in [-0.39, 0.29) is 0 Å². The molecule has 1 aromatic carbocycles. The third-order valence-electron chi connectivity index (χ3n) is 5.51. The number of aryl methyl sites for hydroxylation is 3. The minimum atomic E-state index is 0.308. The van der Waals surface area contributed by atoms with Crippen LogP contribution in [-0.2, 0) is 19.9 Å². The van der Waals surface area contributed by atoms with Crippen LogP contribution in [0.3, 0.4) is 0 Å². The zero-order valence-corrected chi connectivity index (χ0v) is 12.6. The highest BCUT2D eigenvalue weighted by Gasteiger charge is 2.55. The van der Waals surface area contributed by atoms with Gasteiger partial charge >= 0.3 is 0 Å². The van der Waals surface area contributed by atoms with Gasteiger partial charge in [0.05, 0.1) is 0 Å². The second-order valence-electron chi connectivity index (χ2n) is 6.66. The number of nitrogens with zero attached hydrogens (tertiary/aromatic N) is 2. The van der Waals surface area contributed by atoms with Gasteiger partial charge in [0.1, 0.15) is 5.82 Å². The molecule has 110 valence electrons. The van der Waals surface area contributed by atoms with Gasteiger partial charge in [0.15, 0.2) is 0 Å². The van der Waals surface area contributed by atoms with E-state index in [9.17, 15) is 0 Å². The van der Waals surface area contributed by atoms with E-state index in [0.717, 1.165) is 30.5 Å². The maximum atomic E-state index is 6.53. The molecule has 0 bridgehead atoms. The van der Waals surface area contributed by atoms with Crippen molar-refractivity contribution < 1.29 is 0 Å². The number of hydrogen-bond acceptors (Lipinski definition) is 2. The molecule has 0 saturated heterocycles. The summed E-state index contributed by atoms with van der Waals surface area (Å²) < 4.78 is 2.10. The SMILES string of the molecule is Cn1ccnc1CCC(N)C1C2CCc3ccccc3C21.